The van der Waals surface area contributed by atoms with Gasteiger partial charge in [-0.1, -0.05) is 36.1 Å². The Morgan fingerprint density at radius 1 is 1.21 bits per heavy atom. The second-order valence-electron chi connectivity index (χ2n) is 3.10. The molecule has 66 valence electrons. The Morgan fingerprint density at radius 3 is 2.64 bits per heavy atom. The second kappa shape index (κ2) is 3.96. The number of aromatic nitrogens is 1. The Kier molecular flexibility index (Phi) is 3.10. The predicted molar refractivity (Wildman–Crippen MR) is 49.1 cm³/mol. The average Bonchev–Trinajstić information content (AvgIpc) is 2.12. The molecular weight excluding hydrogens is 169 g/mol. The number of pyridine rings is 1. The van der Waals surface area contributed by atoms with Crippen LogP contribution in [0.4, 0.5) is 0 Å². The summed E-state index contributed by atoms with van der Waals surface area (Å²) in [6, 6.07) is 9.13. The minimum absolute atomic E-state index is 0. The Balaban J connectivity index is 0.000000980. The molecule has 2 nitrogen and oxygen atoms in total. The molecule has 0 bridgehead atoms. The maximum atomic E-state index is 11.5. The zero-order chi connectivity index (χ0) is 9.42. The SMILES string of the molecule is [CH2-][n+]1c(C)ccc2cccc([O-])c21.[Li+]. The summed E-state index contributed by atoms with van der Waals surface area (Å²) in [4.78, 5) is 0. The van der Waals surface area contributed by atoms with Gasteiger partial charge in [-0.25, -0.2) is 0 Å². The van der Waals surface area contributed by atoms with Gasteiger partial charge >= 0.3 is 18.9 Å². The van der Waals surface area contributed by atoms with E-state index < -0.39 is 0 Å². The Morgan fingerprint density at radius 2 is 1.93 bits per heavy atom. The number of nitrogens with zero attached hydrogens (tertiary/aromatic N) is 1. The number of hydrogen-bond donors (Lipinski definition) is 0. The Hall–Kier alpha value is -1.10. The normalized spacial score (nSPS) is 9.79. The minimum atomic E-state index is 0. The van der Waals surface area contributed by atoms with Gasteiger partial charge in [0.15, 0.2) is 0 Å². The van der Waals surface area contributed by atoms with Crippen LogP contribution in [0.3, 0.4) is 0 Å². The molecule has 14 heavy (non-hydrogen) atoms. The summed E-state index contributed by atoms with van der Waals surface area (Å²) in [6.07, 6.45) is 0. The smallest absolute Gasteiger partial charge is 0.877 e. The molecule has 0 aliphatic heterocycles. The van der Waals surface area contributed by atoms with Gasteiger partial charge in [0.2, 0.25) is 0 Å². The van der Waals surface area contributed by atoms with Crippen molar-refractivity contribution < 1.29 is 28.5 Å². The van der Waals surface area contributed by atoms with Gasteiger partial charge in [-0.2, -0.15) is 0 Å². The van der Waals surface area contributed by atoms with Crippen molar-refractivity contribution in [2.24, 2.45) is 0 Å². The predicted octanol–water partition coefficient (Wildman–Crippen LogP) is -1.85. The van der Waals surface area contributed by atoms with E-state index in [4.69, 9.17) is 0 Å². The van der Waals surface area contributed by atoms with E-state index in [0.29, 0.717) is 5.52 Å². The van der Waals surface area contributed by atoms with Crippen LogP contribution < -0.4 is 28.5 Å². The average molecular weight is 179 g/mol. The largest absolute Gasteiger partial charge is 1.00 e. The van der Waals surface area contributed by atoms with Gasteiger partial charge in [0.1, 0.15) is 5.52 Å². The molecule has 0 spiro atoms. The monoisotopic (exact) mass is 179 g/mol. The van der Waals surface area contributed by atoms with Gasteiger partial charge in [-0.15, -0.1) is 0 Å². The van der Waals surface area contributed by atoms with Gasteiger partial charge in [0.25, 0.3) is 0 Å². The molecule has 0 radical (unpaired) electrons. The van der Waals surface area contributed by atoms with Crippen LogP contribution in [0.25, 0.3) is 10.9 Å². The fourth-order valence-electron chi connectivity index (χ4n) is 1.44. The molecule has 0 aliphatic carbocycles. The quantitative estimate of drug-likeness (QED) is 0.265. The molecule has 0 N–H and O–H groups in total. The van der Waals surface area contributed by atoms with Gasteiger partial charge < -0.3 is 9.67 Å². The van der Waals surface area contributed by atoms with Crippen LogP contribution in [-0.4, -0.2) is 0 Å². The van der Waals surface area contributed by atoms with Crippen LogP contribution in [0.1, 0.15) is 5.69 Å². The summed E-state index contributed by atoms with van der Waals surface area (Å²) in [5.41, 5.74) is 1.65. The van der Waals surface area contributed by atoms with E-state index in [1.54, 1.807) is 16.7 Å². The molecule has 0 aliphatic rings. The van der Waals surface area contributed by atoms with Crippen molar-refractivity contribution in [1.29, 1.82) is 0 Å². The number of fused-ring (bicyclic) bond motifs is 1. The van der Waals surface area contributed by atoms with Crippen molar-refractivity contribution in [2.75, 3.05) is 0 Å². The van der Waals surface area contributed by atoms with Crippen LogP contribution >= 0.6 is 0 Å². The first-order chi connectivity index (χ1) is 6.20. The first-order valence-electron chi connectivity index (χ1n) is 4.12. The van der Waals surface area contributed by atoms with Crippen molar-refractivity contribution in [3.8, 4) is 5.75 Å². The molecule has 3 heteroatoms. The summed E-state index contributed by atoms with van der Waals surface area (Å²) < 4.78 is 1.68. The van der Waals surface area contributed by atoms with E-state index >= 15 is 0 Å². The van der Waals surface area contributed by atoms with E-state index in [0.717, 1.165) is 11.1 Å². The van der Waals surface area contributed by atoms with E-state index in [9.17, 15) is 5.11 Å². The third-order valence-electron chi connectivity index (χ3n) is 2.23. The van der Waals surface area contributed by atoms with Gasteiger partial charge in [0.05, 0.1) is 5.69 Å². The fraction of sp³-hybridized carbons (Fsp3) is 0.0909. The van der Waals surface area contributed by atoms with Crippen molar-refractivity contribution in [2.45, 2.75) is 6.92 Å². The second-order valence-corrected chi connectivity index (χ2v) is 3.10. The van der Waals surface area contributed by atoms with E-state index in [2.05, 4.69) is 7.05 Å². The maximum Gasteiger partial charge on any atom is 1.00 e. The van der Waals surface area contributed by atoms with Crippen LogP contribution in [0.2, 0.25) is 0 Å². The molecule has 2 aromatic rings. The molecule has 0 saturated heterocycles. The Bertz CT molecular complexity index is 468. The van der Waals surface area contributed by atoms with Crippen LogP contribution in [0.5, 0.6) is 5.75 Å². The summed E-state index contributed by atoms with van der Waals surface area (Å²) in [5, 5.41) is 12.4. The molecule has 0 amide bonds. The molecule has 0 unspecified atom stereocenters. The topological polar surface area (TPSA) is 26.9 Å². The summed E-state index contributed by atoms with van der Waals surface area (Å²) in [7, 11) is 3.83. The zero-order valence-electron chi connectivity index (χ0n) is 8.45. The number of aryl methyl sites for hydroxylation is 1. The maximum absolute atomic E-state index is 11.5. The molecule has 1 heterocycles. The van der Waals surface area contributed by atoms with Crippen molar-refractivity contribution in [3.05, 3.63) is 43.1 Å². The van der Waals surface area contributed by atoms with E-state index in [1.807, 2.05) is 25.1 Å². The Labute approximate surface area is 95.4 Å². The van der Waals surface area contributed by atoms with Gasteiger partial charge in [-0.3, -0.25) is 0 Å². The van der Waals surface area contributed by atoms with Gasteiger partial charge in [-0.05, 0) is 12.3 Å². The summed E-state index contributed by atoms with van der Waals surface area (Å²) in [6.45, 7) is 1.93. The van der Waals surface area contributed by atoms with Gasteiger partial charge in [0, 0.05) is 7.05 Å². The van der Waals surface area contributed by atoms with Crippen molar-refractivity contribution >= 4 is 10.9 Å². The standard InChI is InChI=1S/C11H11NO.Li/c1-8-6-7-9-4-3-5-10(13)11(9)12(8)2;/h3-7,13H,2H2,1H3;/q;+1/p-1. The number of rotatable bonds is 0. The number of benzene rings is 1. The molecule has 0 saturated carbocycles. The number of para-hydroxylation sites is 1. The fourth-order valence-corrected chi connectivity index (χ4v) is 1.44. The summed E-state index contributed by atoms with van der Waals surface area (Å²) >= 11 is 0. The van der Waals surface area contributed by atoms with Crippen molar-refractivity contribution in [1.82, 2.24) is 0 Å². The molecular formula is C11H10LiNO. The van der Waals surface area contributed by atoms with Crippen LogP contribution in [0, 0.1) is 14.0 Å². The van der Waals surface area contributed by atoms with Crippen LogP contribution in [-0.2, 0) is 0 Å². The van der Waals surface area contributed by atoms with Crippen LogP contribution in [0.15, 0.2) is 30.3 Å². The van der Waals surface area contributed by atoms with E-state index in [-0.39, 0.29) is 24.6 Å². The molecule has 1 aromatic heterocycles. The first kappa shape index (κ1) is 11.0. The number of hydrogen-bond acceptors (Lipinski definition) is 1. The van der Waals surface area contributed by atoms with Crippen molar-refractivity contribution in [3.63, 3.8) is 0 Å². The summed E-state index contributed by atoms with van der Waals surface area (Å²) in [5.74, 6) is 0.0243. The third-order valence-corrected chi connectivity index (χ3v) is 2.23. The third kappa shape index (κ3) is 1.59. The molecule has 0 fully saturated rings. The zero-order valence-corrected chi connectivity index (χ0v) is 8.45. The van der Waals surface area contributed by atoms with E-state index in [1.165, 1.54) is 0 Å². The first-order valence-corrected chi connectivity index (χ1v) is 4.12. The molecule has 0 atom stereocenters. The molecule has 2 rings (SSSR count). The minimum Gasteiger partial charge on any atom is -0.877 e. The molecule has 1 aromatic carbocycles.